The predicted octanol–water partition coefficient (Wildman–Crippen LogP) is 3.94. The van der Waals surface area contributed by atoms with Gasteiger partial charge in [0.15, 0.2) is 6.04 Å². The number of quaternary nitrogens is 1. The SMILES string of the molecule is CC[N+](CC)(CC)C1CCN(c2c(C)cc(Cl)cc2C)C1=O.[Y]. The molecule has 1 saturated heterocycles. The van der Waals surface area contributed by atoms with E-state index in [1.807, 2.05) is 30.9 Å². The van der Waals surface area contributed by atoms with Crippen molar-refractivity contribution >= 4 is 23.2 Å². The first-order valence-corrected chi connectivity index (χ1v) is 8.71. The smallest absolute Gasteiger partial charge is 0.285 e. The fourth-order valence-corrected chi connectivity index (χ4v) is 4.38. The van der Waals surface area contributed by atoms with Gasteiger partial charge in [0.2, 0.25) is 0 Å². The van der Waals surface area contributed by atoms with Crippen molar-refractivity contribution in [1.82, 2.24) is 0 Å². The van der Waals surface area contributed by atoms with E-state index in [1.54, 1.807) is 0 Å². The Hall–Kier alpha value is 0.0439. The van der Waals surface area contributed by atoms with Crippen LogP contribution in [0.3, 0.4) is 0 Å². The second-order valence-corrected chi connectivity index (χ2v) is 6.79. The van der Waals surface area contributed by atoms with Crippen molar-refractivity contribution in [3.8, 4) is 0 Å². The van der Waals surface area contributed by atoms with E-state index < -0.39 is 0 Å². The van der Waals surface area contributed by atoms with Gasteiger partial charge in [0.25, 0.3) is 5.91 Å². The van der Waals surface area contributed by atoms with Gasteiger partial charge in [0.05, 0.1) is 19.6 Å². The normalized spacial score (nSPS) is 18.3. The van der Waals surface area contributed by atoms with Gasteiger partial charge in [0.1, 0.15) is 0 Å². The Balaban J connectivity index is 0.00000264. The van der Waals surface area contributed by atoms with Crippen molar-refractivity contribution in [3.05, 3.63) is 28.3 Å². The molecule has 0 saturated carbocycles. The number of carbonyl (C=O) groups excluding carboxylic acids is 1. The van der Waals surface area contributed by atoms with E-state index in [2.05, 4.69) is 20.8 Å². The van der Waals surface area contributed by atoms with Crippen molar-refractivity contribution in [3.63, 3.8) is 0 Å². The summed E-state index contributed by atoms with van der Waals surface area (Å²) in [7, 11) is 0. The molecular weight excluding hydrogens is 385 g/mol. The van der Waals surface area contributed by atoms with Crippen molar-refractivity contribution in [1.29, 1.82) is 0 Å². The Kier molecular flexibility index (Phi) is 7.72. The topological polar surface area (TPSA) is 20.3 Å². The van der Waals surface area contributed by atoms with E-state index in [9.17, 15) is 4.79 Å². The monoisotopic (exact) mass is 412 g/mol. The van der Waals surface area contributed by atoms with Gasteiger partial charge in [0, 0.05) is 56.4 Å². The molecule has 1 unspecified atom stereocenters. The first-order chi connectivity index (χ1) is 10.4. The zero-order valence-corrected chi connectivity index (χ0v) is 18.6. The van der Waals surface area contributed by atoms with Gasteiger partial charge >= 0.3 is 0 Å². The molecule has 23 heavy (non-hydrogen) atoms. The molecule has 5 heteroatoms. The summed E-state index contributed by atoms with van der Waals surface area (Å²) < 4.78 is 0.890. The quantitative estimate of drug-likeness (QED) is 0.671. The summed E-state index contributed by atoms with van der Waals surface area (Å²) in [5.74, 6) is 0.277. The molecule has 0 bridgehead atoms. The van der Waals surface area contributed by atoms with Crippen molar-refractivity contribution < 1.29 is 42.0 Å². The maximum Gasteiger partial charge on any atom is 0.285 e. The second-order valence-electron chi connectivity index (χ2n) is 6.35. The summed E-state index contributed by atoms with van der Waals surface area (Å²) in [5.41, 5.74) is 3.22. The number of aryl methyl sites for hydroxylation is 2. The molecule has 1 heterocycles. The molecule has 1 atom stereocenters. The van der Waals surface area contributed by atoms with Gasteiger partial charge in [-0.25, -0.2) is 0 Å². The molecule has 3 nitrogen and oxygen atoms in total. The van der Waals surface area contributed by atoms with E-state index in [0.717, 1.165) is 58.9 Å². The average molecular weight is 413 g/mol. The summed E-state index contributed by atoms with van der Waals surface area (Å²) in [5, 5.41) is 0.739. The molecule has 1 aromatic rings. The minimum Gasteiger partial charge on any atom is -0.314 e. The molecule has 1 aliphatic rings. The Morgan fingerprint density at radius 3 is 2.04 bits per heavy atom. The number of amides is 1. The number of anilines is 1. The maximum atomic E-state index is 13.1. The fraction of sp³-hybridized carbons (Fsp3) is 0.611. The van der Waals surface area contributed by atoms with Gasteiger partial charge in [-0.1, -0.05) is 11.6 Å². The van der Waals surface area contributed by atoms with Gasteiger partial charge < -0.3 is 9.38 Å². The predicted molar refractivity (Wildman–Crippen MR) is 93.6 cm³/mol. The summed E-state index contributed by atoms with van der Waals surface area (Å²) in [4.78, 5) is 15.1. The summed E-state index contributed by atoms with van der Waals surface area (Å²) >= 11 is 6.13. The largest absolute Gasteiger partial charge is 0.314 e. The number of rotatable bonds is 5. The van der Waals surface area contributed by atoms with Crippen LogP contribution in [0.1, 0.15) is 38.3 Å². The molecule has 125 valence electrons. The van der Waals surface area contributed by atoms with Crippen molar-refractivity contribution in [2.45, 2.75) is 47.1 Å². The van der Waals surface area contributed by atoms with Crippen LogP contribution in [0.4, 0.5) is 5.69 Å². The second kappa shape index (κ2) is 8.42. The first kappa shape index (κ1) is 21.1. The third-order valence-electron chi connectivity index (χ3n) is 5.45. The molecule has 0 spiro atoms. The van der Waals surface area contributed by atoms with E-state index in [-0.39, 0.29) is 44.7 Å². The van der Waals surface area contributed by atoms with Gasteiger partial charge in [-0.3, -0.25) is 4.79 Å². The number of halogens is 1. The number of nitrogens with zero attached hydrogens (tertiary/aromatic N) is 2. The van der Waals surface area contributed by atoms with Gasteiger partial charge in [-0.05, 0) is 57.9 Å². The molecular formula is C18H28ClN2OY+. The molecule has 1 aromatic carbocycles. The Labute approximate surface area is 170 Å². The van der Waals surface area contributed by atoms with Crippen LogP contribution in [0.5, 0.6) is 0 Å². The molecule has 1 radical (unpaired) electrons. The fourth-order valence-electron chi connectivity index (χ4n) is 4.06. The maximum absolute atomic E-state index is 13.1. The molecule has 0 aromatic heterocycles. The third kappa shape index (κ3) is 3.84. The molecule has 1 fully saturated rings. The van der Waals surface area contributed by atoms with Gasteiger partial charge in [-0.15, -0.1) is 0 Å². The van der Waals surface area contributed by atoms with Crippen LogP contribution in [0.2, 0.25) is 5.02 Å². The third-order valence-corrected chi connectivity index (χ3v) is 5.67. The van der Waals surface area contributed by atoms with E-state index >= 15 is 0 Å². The van der Waals surface area contributed by atoms with Crippen LogP contribution in [0, 0.1) is 13.8 Å². The van der Waals surface area contributed by atoms with Crippen molar-refractivity contribution in [2.75, 3.05) is 31.1 Å². The van der Waals surface area contributed by atoms with Crippen LogP contribution in [0.15, 0.2) is 12.1 Å². The summed E-state index contributed by atoms with van der Waals surface area (Å²) in [6.07, 6.45) is 0.940. The molecule has 1 amide bonds. The average Bonchev–Trinajstić information content (AvgIpc) is 2.84. The molecule has 0 N–H and O–H groups in total. The Morgan fingerprint density at radius 1 is 1.13 bits per heavy atom. The van der Waals surface area contributed by atoms with Crippen LogP contribution in [-0.4, -0.2) is 42.6 Å². The summed E-state index contributed by atoms with van der Waals surface area (Å²) in [6.45, 7) is 14.5. The molecule has 0 aliphatic carbocycles. The van der Waals surface area contributed by atoms with Crippen LogP contribution in [0.25, 0.3) is 0 Å². The standard InChI is InChI=1S/C18H28ClN2O.Y/c1-6-21(7-2,8-3)16-9-10-20(18(16)22)17-13(4)11-15(19)12-14(17)5;/h11-12,16H,6-10H2,1-5H3;/q+1;. The minimum absolute atomic E-state index is 0. The Morgan fingerprint density at radius 2 is 1.61 bits per heavy atom. The van der Waals surface area contributed by atoms with Crippen LogP contribution < -0.4 is 4.90 Å². The minimum atomic E-state index is 0. The molecule has 1 aliphatic heterocycles. The van der Waals surface area contributed by atoms with Crippen LogP contribution >= 0.6 is 11.6 Å². The zero-order chi connectivity index (χ0) is 16.5. The zero-order valence-electron chi connectivity index (χ0n) is 15.0. The van der Waals surface area contributed by atoms with Gasteiger partial charge in [-0.2, -0.15) is 0 Å². The van der Waals surface area contributed by atoms with Crippen LogP contribution in [-0.2, 0) is 37.5 Å². The van der Waals surface area contributed by atoms with E-state index in [0.29, 0.717) is 0 Å². The first-order valence-electron chi connectivity index (χ1n) is 8.34. The molecule has 2 rings (SSSR count). The number of hydrogen-bond donors (Lipinski definition) is 0. The van der Waals surface area contributed by atoms with Crippen molar-refractivity contribution in [2.24, 2.45) is 0 Å². The Bertz CT molecular complexity index is 541. The van der Waals surface area contributed by atoms with E-state index in [4.69, 9.17) is 11.6 Å². The number of hydrogen-bond acceptors (Lipinski definition) is 1. The summed E-state index contributed by atoms with van der Waals surface area (Å²) in [6, 6.07) is 3.99. The number of carbonyl (C=O) groups is 1. The van der Waals surface area contributed by atoms with E-state index in [1.165, 1.54) is 0 Å². The number of likely N-dealkylation sites (N-methyl/N-ethyl adjacent to an activating group) is 1. The number of benzene rings is 1.